The van der Waals surface area contributed by atoms with Crippen molar-refractivity contribution in [3.05, 3.63) is 91.4 Å². The van der Waals surface area contributed by atoms with Crippen LogP contribution in [0.25, 0.3) is 16.3 Å². The number of hydrogen-bond donors (Lipinski definition) is 2. The molecule has 1 unspecified atom stereocenters. The number of carbonyl (C=O) groups excluding carboxylic acids is 1. The van der Waals surface area contributed by atoms with Crippen molar-refractivity contribution in [3.63, 3.8) is 0 Å². The van der Waals surface area contributed by atoms with E-state index in [9.17, 15) is 13.6 Å². The van der Waals surface area contributed by atoms with E-state index in [0.29, 0.717) is 45.1 Å². The van der Waals surface area contributed by atoms with Gasteiger partial charge in [-0.25, -0.2) is 18.9 Å². The Morgan fingerprint density at radius 1 is 0.915 bits per heavy atom. The lowest BCUT2D eigenvalue weighted by molar-refractivity contribution is 0.0310. The Labute approximate surface area is 295 Å². The number of hydrogen-bond acceptors (Lipinski definition) is 6. The average Bonchev–Trinajstić information content (AvgIpc) is 3.69. The van der Waals surface area contributed by atoms with E-state index >= 15 is 0 Å². The molecule has 0 aliphatic carbocycles. The molecule has 2 aromatic carbocycles. The maximum Gasteiger partial charge on any atom is 0.286 e. The summed E-state index contributed by atoms with van der Waals surface area (Å²) < 4.78 is 26.5. The van der Waals surface area contributed by atoms with E-state index in [2.05, 4.69) is 17.3 Å². The van der Waals surface area contributed by atoms with Crippen LogP contribution in [0.3, 0.4) is 0 Å². The molecule has 6 rings (SSSR count). The summed E-state index contributed by atoms with van der Waals surface area (Å²) in [7, 11) is 0. The van der Waals surface area contributed by atoms with Crippen LogP contribution in [0.1, 0.15) is 65.0 Å². The zero-order valence-electron chi connectivity index (χ0n) is 25.4. The van der Waals surface area contributed by atoms with Gasteiger partial charge in [-0.1, -0.05) is 59.5 Å². The van der Waals surface area contributed by atoms with E-state index in [1.54, 1.807) is 35.0 Å². The number of benzene rings is 2. The third-order valence-electron chi connectivity index (χ3n) is 8.09. The monoisotopic (exact) mass is 730 g/mol. The number of hydrazine groups is 2. The first kappa shape index (κ1) is 34.1. The van der Waals surface area contributed by atoms with E-state index in [4.69, 9.17) is 39.9 Å². The first-order chi connectivity index (χ1) is 22.8. The van der Waals surface area contributed by atoms with Gasteiger partial charge in [0, 0.05) is 47.4 Å². The molecular weight excluding hydrogens is 699 g/mol. The Bertz CT molecular complexity index is 1820. The highest BCUT2D eigenvalue weighted by Gasteiger charge is 2.32. The third-order valence-corrected chi connectivity index (χ3v) is 10.6. The van der Waals surface area contributed by atoms with Crippen LogP contribution in [0.4, 0.5) is 0 Å². The van der Waals surface area contributed by atoms with Gasteiger partial charge in [-0.15, -0.1) is 15.8 Å². The maximum absolute atomic E-state index is 14.0. The van der Waals surface area contributed by atoms with Gasteiger partial charge in [0.2, 0.25) is 11.3 Å². The number of rotatable bonds is 8. The van der Waals surface area contributed by atoms with Crippen LogP contribution in [0.2, 0.25) is 15.1 Å². The summed E-state index contributed by atoms with van der Waals surface area (Å²) in [6, 6.07) is 16.2. The summed E-state index contributed by atoms with van der Waals surface area (Å²) in [4.78, 5) is 15.6. The Morgan fingerprint density at radius 3 is 2.28 bits per heavy atom. The number of halogens is 3. The molecule has 4 heterocycles. The maximum atomic E-state index is 14.0. The second-order valence-corrected chi connectivity index (χ2v) is 14.6. The largest absolute Gasteiger partial charge is 0.293 e. The standard InChI is InChI=1S/C33H33Cl3N6O3S2/c34-24-10-7-23(8-11-24)9-13-26-14-16-30(46-26)32-27(22-41(47(44)45)40-19-5-2-6-20-40)31(33(43)38-39-17-3-1-4-18-39)37-42(32)29-15-12-25(35)21-28(29)36/h7-8,10-12,14-16,21H,1-6,17-20,22H2,(H,38,43)(H,44,45). The summed E-state index contributed by atoms with van der Waals surface area (Å²) in [6.07, 6.45) is 5.94. The summed E-state index contributed by atoms with van der Waals surface area (Å²) in [5.41, 5.74) is 5.60. The molecule has 246 valence electrons. The molecule has 2 aliphatic heterocycles. The number of nitrogens with zero attached hydrogens (tertiary/aromatic N) is 5. The van der Waals surface area contributed by atoms with Gasteiger partial charge >= 0.3 is 0 Å². The van der Waals surface area contributed by atoms with Crippen LogP contribution in [-0.4, -0.2) is 65.1 Å². The molecule has 2 N–H and O–H groups in total. The number of carbonyl (C=O) groups is 1. The van der Waals surface area contributed by atoms with Crippen LogP contribution in [0.15, 0.2) is 54.6 Å². The van der Waals surface area contributed by atoms with Crippen molar-refractivity contribution in [2.45, 2.75) is 45.1 Å². The number of piperidine rings is 2. The zero-order valence-corrected chi connectivity index (χ0v) is 29.3. The third kappa shape index (κ3) is 8.28. The molecule has 0 saturated carbocycles. The average molecular weight is 732 g/mol. The minimum absolute atomic E-state index is 0.0317. The van der Waals surface area contributed by atoms with Crippen molar-refractivity contribution in [2.24, 2.45) is 0 Å². The van der Waals surface area contributed by atoms with Crippen molar-refractivity contribution in [1.82, 2.24) is 29.6 Å². The molecule has 2 aromatic heterocycles. The van der Waals surface area contributed by atoms with Crippen LogP contribution < -0.4 is 5.43 Å². The summed E-state index contributed by atoms with van der Waals surface area (Å²) in [6.45, 7) is 2.71. The van der Waals surface area contributed by atoms with Gasteiger partial charge in [0.05, 0.1) is 32.7 Å². The second kappa shape index (κ2) is 15.6. The van der Waals surface area contributed by atoms with Crippen molar-refractivity contribution >= 4 is 63.3 Å². The quantitative estimate of drug-likeness (QED) is 0.145. The van der Waals surface area contributed by atoms with Gasteiger partial charge < -0.3 is 0 Å². The van der Waals surface area contributed by atoms with E-state index in [1.165, 1.54) is 15.8 Å². The van der Waals surface area contributed by atoms with Gasteiger partial charge in [-0.3, -0.25) is 14.8 Å². The van der Waals surface area contributed by atoms with Gasteiger partial charge in [0.1, 0.15) is 0 Å². The highest BCUT2D eigenvalue weighted by molar-refractivity contribution is 7.76. The molecule has 0 radical (unpaired) electrons. The van der Waals surface area contributed by atoms with Crippen LogP contribution in [0, 0.1) is 11.8 Å². The Kier molecular flexibility index (Phi) is 11.4. The summed E-state index contributed by atoms with van der Waals surface area (Å²) >= 11 is 18.1. The lowest BCUT2D eigenvalue weighted by Crippen LogP contribution is -2.47. The fourth-order valence-electron chi connectivity index (χ4n) is 5.75. The predicted octanol–water partition coefficient (Wildman–Crippen LogP) is 7.43. The normalized spacial score (nSPS) is 16.5. The number of aromatic nitrogens is 2. The van der Waals surface area contributed by atoms with Crippen molar-refractivity contribution in [2.75, 3.05) is 26.2 Å². The highest BCUT2D eigenvalue weighted by atomic mass is 35.5. The SMILES string of the molecule is O=C(NN1CCCCC1)c1nn(-c2ccc(Cl)cc2Cl)c(-c2ccc(C#Cc3ccc(Cl)cc3)s2)c1CN(N1CCCCC1)S(=O)O. The number of thiophene rings is 1. The van der Waals surface area contributed by atoms with Crippen LogP contribution in [-0.2, 0) is 17.8 Å². The van der Waals surface area contributed by atoms with Crippen LogP contribution in [0.5, 0.6) is 0 Å². The van der Waals surface area contributed by atoms with Crippen molar-refractivity contribution in [3.8, 4) is 28.1 Å². The first-order valence-electron chi connectivity index (χ1n) is 15.4. The molecule has 0 spiro atoms. The first-order valence-corrected chi connectivity index (χ1v) is 18.4. The molecule has 2 fully saturated rings. The summed E-state index contributed by atoms with van der Waals surface area (Å²) in [5.74, 6) is 6.00. The second-order valence-electron chi connectivity index (χ2n) is 11.3. The van der Waals surface area contributed by atoms with Gasteiger partial charge in [-0.2, -0.15) is 5.10 Å². The van der Waals surface area contributed by atoms with Gasteiger partial charge in [0.15, 0.2) is 5.69 Å². The van der Waals surface area contributed by atoms with Crippen molar-refractivity contribution < 1.29 is 13.6 Å². The molecule has 14 heteroatoms. The Hall–Kier alpha value is -2.76. The zero-order chi connectivity index (χ0) is 32.9. The molecule has 4 aromatic rings. The van der Waals surface area contributed by atoms with E-state index < -0.39 is 17.2 Å². The molecule has 2 saturated heterocycles. The summed E-state index contributed by atoms with van der Waals surface area (Å²) in [5, 5.41) is 10.1. The molecular formula is C33H33Cl3N6O3S2. The number of amides is 1. The van der Waals surface area contributed by atoms with Gasteiger partial charge in [0.25, 0.3) is 5.91 Å². The minimum Gasteiger partial charge on any atom is -0.293 e. The predicted molar refractivity (Wildman–Crippen MR) is 189 cm³/mol. The molecule has 2 aliphatic rings. The lowest BCUT2D eigenvalue weighted by atomic mass is 10.1. The highest BCUT2D eigenvalue weighted by Crippen LogP contribution is 2.37. The molecule has 9 nitrogen and oxygen atoms in total. The Balaban J connectivity index is 1.49. The van der Waals surface area contributed by atoms with Crippen LogP contribution >= 0.6 is 46.1 Å². The molecule has 47 heavy (non-hydrogen) atoms. The van der Waals surface area contributed by atoms with E-state index in [0.717, 1.165) is 66.9 Å². The van der Waals surface area contributed by atoms with Crippen molar-refractivity contribution in [1.29, 1.82) is 0 Å². The lowest BCUT2D eigenvalue weighted by Gasteiger charge is -2.34. The molecule has 0 bridgehead atoms. The Morgan fingerprint density at radius 2 is 1.60 bits per heavy atom. The van der Waals surface area contributed by atoms with E-state index in [-0.39, 0.29) is 12.2 Å². The molecule has 1 amide bonds. The van der Waals surface area contributed by atoms with Gasteiger partial charge in [-0.05, 0) is 80.3 Å². The smallest absolute Gasteiger partial charge is 0.286 e. The molecule has 1 atom stereocenters. The van der Waals surface area contributed by atoms with E-state index in [1.807, 2.05) is 34.3 Å². The number of nitrogens with one attached hydrogen (secondary N) is 1. The topological polar surface area (TPSA) is 93.9 Å². The fraction of sp³-hybridized carbons (Fsp3) is 0.333. The minimum atomic E-state index is -2.35. The fourth-order valence-corrected chi connectivity index (χ4v) is 7.89.